The zero-order valence-electron chi connectivity index (χ0n) is 9.36. The summed E-state index contributed by atoms with van der Waals surface area (Å²) in [6, 6.07) is 10.1. The van der Waals surface area contributed by atoms with Crippen molar-refractivity contribution in [3.05, 3.63) is 42.0 Å². The van der Waals surface area contributed by atoms with Crippen molar-refractivity contribution in [1.82, 2.24) is 5.32 Å². The Labute approximate surface area is 101 Å². The molecular formula is C14H17NS. The highest BCUT2D eigenvalue weighted by atomic mass is 32.2. The van der Waals surface area contributed by atoms with Gasteiger partial charge in [-0.25, -0.2) is 0 Å². The Balaban J connectivity index is 1.76. The number of hydrogen-bond acceptors (Lipinski definition) is 2. The molecule has 1 aliphatic carbocycles. The maximum Gasteiger partial charge on any atom is 0.0341 e. The fourth-order valence-corrected chi connectivity index (χ4v) is 3.68. The molecule has 0 radical (unpaired) electrons. The minimum Gasteiger partial charge on any atom is -0.306 e. The number of benzene rings is 1. The zero-order valence-corrected chi connectivity index (χ0v) is 10.2. The Hall–Kier alpha value is -0.730. The first kappa shape index (κ1) is 10.4. The highest BCUT2D eigenvalue weighted by Gasteiger charge is 2.22. The van der Waals surface area contributed by atoms with Crippen LogP contribution < -0.4 is 5.32 Å². The minimum atomic E-state index is 0.572. The standard InChI is InChI=1S/C14H17NS/c1-2-6-11(5-1)15-13-9-10-16-14-8-4-3-7-12(13)14/h1-4,7-8,11,13,15H,5-6,9-10H2. The van der Waals surface area contributed by atoms with Crippen molar-refractivity contribution in [3.8, 4) is 0 Å². The predicted octanol–water partition coefficient (Wildman–Crippen LogP) is 3.53. The van der Waals surface area contributed by atoms with Crippen LogP contribution in [0.25, 0.3) is 0 Å². The molecule has 3 rings (SSSR count). The second-order valence-corrected chi connectivity index (χ2v) is 5.67. The second-order valence-electron chi connectivity index (χ2n) is 4.53. The van der Waals surface area contributed by atoms with Crippen LogP contribution in [0.3, 0.4) is 0 Å². The quantitative estimate of drug-likeness (QED) is 0.781. The number of rotatable bonds is 2. The SMILES string of the molecule is C1=CCC(NC2CCSc3ccccc32)C1. The summed E-state index contributed by atoms with van der Waals surface area (Å²) in [5.74, 6) is 1.24. The Morgan fingerprint density at radius 2 is 1.94 bits per heavy atom. The van der Waals surface area contributed by atoms with Crippen LogP contribution in [0.15, 0.2) is 41.3 Å². The van der Waals surface area contributed by atoms with E-state index < -0.39 is 0 Å². The number of nitrogens with one attached hydrogen (secondary N) is 1. The van der Waals surface area contributed by atoms with Crippen LogP contribution in [0.2, 0.25) is 0 Å². The van der Waals surface area contributed by atoms with Gasteiger partial charge in [-0.1, -0.05) is 30.4 Å². The summed E-state index contributed by atoms with van der Waals surface area (Å²) >= 11 is 1.99. The summed E-state index contributed by atoms with van der Waals surface area (Å²) in [5.41, 5.74) is 1.51. The van der Waals surface area contributed by atoms with Crippen LogP contribution >= 0.6 is 11.8 Å². The van der Waals surface area contributed by atoms with Gasteiger partial charge in [0.2, 0.25) is 0 Å². The summed E-state index contributed by atoms with van der Waals surface area (Å²) in [7, 11) is 0. The van der Waals surface area contributed by atoms with Gasteiger partial charge in [-0.05, 0) is 36.6 Å². The van der Waals surface area contributed by atoms with Gasteiger partial charge in [0, 0.05) is 17.0 Å². The highest BCUT2D eigenvalue weighted by Crippen LogP contribution is 2.36. The Bertz CT molecular complexity index is 391. The largest absolute Gasteiger partial charge is 0.306 e. The maximum atomic E-state index is 3.80. The second kappa shape index (κ2) is 4.64. The van der Waals surface area contributed by atoms with Crippen molar-refractivity contribution in [2.45, 2.75) is 36.2 Å². The topological polar surface area (TPSA) is 12.0 Å². The van der Waals surface area contributed by atoms with Crippen molar-refractivity contribution in [1.29, 1.82) is 0 Å². The summed E-state index contributed by atoms with van der Waals surface area (Å²) in [6.07, 6.45) is 8.25. The van der Waals surface area contributed by atoms with Crippen LogP contribution in [-0.4, -0.2) is 11.8 Å². The fourth-order valence-electron chi connectivity index (χ4n) is 2.55. The molecule has 2 aliphatic rings. The van der Waals surface area contributed by atoms with Crippen LogP contribution in [-0.2, 0) is 0 Å². The predicted molar refractivity (Wildman–Crippen MR) is 69.8 cm³/mol. The van der Waals surface area contributed by atoms with E-state index in [1.807, 2.05) is 11.8 Å². The van der Waals surface area contributed by atoms with Gasteiger partial charge in [0.1, 0.15) is 0 Å². The van der Waals surface area contributed by atoms with E-state index in [4.69, 9.17) is 0 Å². The molecule has 0 amide bonds. The molecule has 0 saturated carbocycles. The van der Waals surface area contributed by atoms with E-state index in [1.165, 1.54) is 35.5 Å². The molecule has 1 aliphatic heterocycles. The van der Waals surface area contributed by atoms with Crippen molar-refractivity contribution in [2.24, 2.45) is 0 Å². The average molecular weight is 231 g/mol. The van der Waals surface area contributed by atoms with Gasteiger partial charge in [-0.3, -0.25) is 0 Å². The molecule has 16 heavy (non-hydrogen) atoms. The normalized spacial score (nSPS) is 24.6. The van der Waals surface area contributed by atoms with Gasteiger partial charge in [0.25, 0.3) is 0 Å². The van der Waals surface area contributed by atoms with Gasteiger partial charge in [0.15, 0.2) is 0 Å². The van der Waals surface area contributed by atoms with Gasteiger partial charge >= 0.3 is 0 Å². The first-order valence-corrected chi connectivity index (χ1v) is 7.05. The third-order valence-electron chi connectivity index (χ3n) is 3.40. The van der Waals surface area contributed by atoms with Crippen molar-refractivity contribution >= 4 is 11.8 Å². The van der Waals surface area contributed by atoms with Crippen LogP contribution in [0.5, 0.6) is 0 Å². The van der Waals surface area contributed by atoms with E-state index in [1.54, 1.807) is 0 Å². The molecule has 1 aromatic rings. The lowest BCUT2D eigenvalue weighted by Gasteiger charge is -2.28. The third kappa shape index (κ3) is 2.04. The van der Waals surface area contributed by atoms with E-state index in [9.17, 15) is 0 Å². The first-order chi connectivity index (χ1) is 7.93. The molecule has 1 N–H and O–H groups in total. The zero-order chi connectivity index (χ0) is 10.8. The van der Waals surface area contributed by atoms with Gasteiger partial charge in [-0.15, -0.1) is 11.8 Å². The molecule has 0 saturated heterocycles. The summed E-state index contributed by atoms with van der Waals surface area (Å²) < 4.78 is 0. The third-order valence-corrected chi connectivity index (χ3v) is 4.53. The lowest BCUT2D eigenvalue weighted by molar-refractivity contribution is 0.433. The average Bonchev–Trinajstić information content (AvgIpc) is 2.82. The molecule has 1 atom stereocenters. The van der Waals surface area contributed by atoms with Crippen LogP contribution in [0, 0.1) is 0 Å². The Morgan fingerprint density at radius 1 is 1.12 bits per heavy atom. The van der Waals surface area contributed by atoms with E-state index in [-0.39, 0.29) is 0 Å². The van der Waals surface area contributed by atoms with Gasteiger partial charge in [0.05, 0.1) is 0 Å². The lowest BCUT2D eigenvalue weighted by atomic mass is 10.0. The van der Waals surface area contributed by atoms with E-state index in [0.29, 0.717) is 12.1 Å². The highest BCUT2D eigenvalue weighted by molar-refractivity contribution is 7.99. The number of fused-ring (bicyclic) bond motifs is 1. The monoisotopic (exact) mass is 231 g/mol. The molecular weight excluding hydrogens is 214 g/mol. The van der Waals surface area contributed by atoms with Crippen molar-refractivity contribution < 1.29 is 0 Å². The molecule has 0 fully saturated rings. The molecule has 1 nitrogen and oxygen atoms in total. The van der Waals surface area contributed by atoms with Crippen molar-refractivity contribution in [2.75, 3.05) is 5.75 Å². The fraction of sp³-hybridized carbons (Fsp3) is 0.429. The molecule has 2 heteroatoms. The molecule has 0 aromatic heterocycles. The number of hydrogen-bond donors (Lipinski definition) is 1. The van der Waals surface area contributed by atoms with E-state index in [0.717, 1.165) is 0 Å². The van der Waals surface area contributed by atoms with Gasteiger partial charge in [-0.2, -0.15) is 0 Å². The Kier molecular flexibility index (Phi) is 3.02. The minimum absolute atomic E-state index is 0.572. The van der Waals surface area contributed by atoms with E-state index in [2.05, 4.69) is 41.7 Å². The maximum absolute atomic E-state index is 3.80. The summed E-state index contributed by atoms with van der Waals surface area (Å²) in [6.45, 7) is 0. The molecule has 0 spiro atoms. The first-order valence-electron chi connectivity index (χ1n) is 6.06. The molecule has 1 heterocycles. The number of thioether (sulfide) groups is 1. The lowest BCUT2D eigenvalue weighted by Crippen LogP contribution is -2.32. The van der Waals surface area contributed by atoms with Crippen LogP contribution in [0.4, 0.5) is 0 Å². The summed E-state index contributed by atoms with van der Waals surface area (Å²) in [4.78, 5) is 1.47. The molecule has 0 bridgehead atoms. The molecule has 1 unspecified atom stereocenters. The smallest absolute Gasteiger partial charge is 0.0341 e. The molecule has 84 valence electrons. The Morgan fingerprint density at radius 3 is 2.81 bits per heavy atom. The van der Waals surface area contributed by atoms with E-state index >= 15 is 0 Å². The summed E-state index contributed by atoms with van der Waals surface area (Å²) in [5, 5.41) is 3.80. The van der Waals surface area contributed by atoms with Crippen molar-refractivity contribution in [3.63, 3.8) is 0 Å². The van der Waals surface area contributed by atoms with Gasteiger partial charge < -0.3 is 5.32 Å². The molecule has 1 aromatic carbocycles. The van der Waals surface area contributed by atoms with Crippen LogP contribution in [0.1, 0.15) is 30.9 Å².